The average Bonchev–Trinajstić information content (AvgIpc) is 3.38. The molecular formula is C32H33ClN4O4. The Morgan fingerprint density at radius 2 is 1.90 bits per heavy atom. The smallest absolute Gasteiger partial charge is 0.304 e. The van der Waals surface area contributed by atoms with Crippen LogP contribution in [0.15, 0.2) is 48.5 Å². The van der Waals surface area contributed by atoms with E-state index >= 15 is 0 Å². The van der Waals surface area contributed by atoms with Gasteiger partial charge in [0.25, 0.3) is 5.91 Å². The zero-order valence-electron chi connectivity index (χ0n) is 23.1. The maximum Gasteiger partial charge on any atom is 0.304 e. The minimum atomic E-state index is -0.868. The summed E-state index contributed by atoms with van der Waals surface area (Å²) < 4.78 is 7.86. The Balaban J connectivity index is 1.40. The molecule has 1 aromatic heterocycles. The third-order valence-electron chi connectivity index (χ3n) is 8.37. The van der Waals surface area contributed by atoms with E-state index in [1.165, 1.54) is 5.56 Å². The van der Waals surface area contributed by atoms with E-state index in [-0.39, 0.29) is 18.2 Å². The van der Waals surface area contributed by atoms with Gasteiger partial charge in [0, 0.05) is 25.6 Å². The minimum absolute atomic E-state index is 0.0497. The van der Waals surface area contributed by atoms with Gasteiger partial charge in [-0.25, -0.2) is 4.68 Å². The lowest BCUT2D eigenvalue weighted by molar-refractivity contribution is -0.137. The molecule has 0 radical (unpaired) electrons. The summed E-state index contributed by atoms with van der Waals surface area (Å²) >= 11 is 6.56. The van der Waals surface area contributed by atoms with E-state index in [4.69, 9.17) is 16.3 Å². The Bertz CT molecular complexity index is 1630. The number of aromatic nitrogens is 3. The van der Waals surface area contributed by atoms with E-state index in [1.807, 2.05) is 40.8 Å². The number of aliphatic carboxylic acids is 1. The maximum absolute atomic E-state index is 13.5. The van der Waals surface area contributed by atoms with Crippen molar-refractivity contribution in [3.05, 3.63) is 86.9 Å². The van der Waals surface area contributed by atoms with Gasteiger partial charge in [0.15, 0.2) is 0 Å². The quantitative estimate of drug-likeness (QED) is 0.309. The van der Waals surface area contributed by atoms with E-state index in [2.05, 4.69) is 22.4 Å². The molecule has 0 spiro atoms. The molecule has 0 fully saturated rings. The summed E-state index contributed by atoms with van der Waals surface area (Å²) in [5.41, 5.74) is 7.20. The van der Waals surface area contributed by atoms with Crippen molar-refractivity contribution >= 4 is 34.5 Å². The number of hydrogen-bond acceptors (Lipinski definition) is 5. The second-order valence-electron chi connectivity index (χ2n) is 11.0. The topological polar surface area (TPSA) is 97.5 Å². The normalized spacial score (nSPS) is 17.9. The molecular weight excluding hydrogens is 540 g/mol. The summed E-state index contributed by atoms with van der Waals surface area (Å²) in [4.78, 5) is 27.4. The van der Waals surface area contributed by atoms with Crippen LogP contribution < -0.4 is 4.74 Å². The number of carboxylic acids is 1. The molecule has 4 aromatic rings. The fourth-order valence-corrected chi connectivity index (χ4v) is 6.36. The number of halogens is 1. The molecule has 9 bridgehead atoms. The third-order valence-corrected chi connectivity index (χ3v) is 8.69. The minimum Gasteiger partial charge on any atom is -0.494 e. The van der Waals surface area contributed by atoms with E-state index in [0.717, 1.165) is 71.9 Å². The van der Waals surface area contributed by atoms with Crippen molar-refractivity contribution in [2.45, 2.75) is 64.5 Å². The van der Waals surface area contributed by atoms with Gasteiger partial charge in [-0.2, -0.15) is 0 Å². The maximum atomic E-state index is 13.5. The highest BCUT2D eigenvalue weighted by atomic mass is 35.5. The first kappa shape index (κ1) is 27.3. The molecule has 5 aliphatic heterocycles. The molecule has 5 aliphatic rings. The fraction of sp³-hybridized carbons (Fsp3) is 0.375. The summed E-state index contributed by atoms with van der Waals surface area (Å²) in [5.74, 6) is -0.691. The van der Waals surface area contributed by atoms with Gasteiger partial charge in [-0.05, 0) is 84.7 Å². The number of carboxylic acid groups (broad SMARTS) is 1. The summed E-state index contributed by atoms with van der Waals surface area (Å²) in [7, 11) is 0. The highest BCUT2D eigenvalue weighted by Crippen LogP contribution is 2.36. The van der Waals surface area contributed by atoms with Crippen LogP contribution in [0.4, 0.5) is 0 Å². The van der Waals surface area contributed by atoms with Crippen LogP contribution in [0.1, 0.15) is 76.2 Å². The number of amides is 1. The molecule has 41 heavy (non-hydrogen) atoms. The summed E-state index contributed by atoms with van der Waals surface area (Å²) in [6, 6.07) is 15.5. The van der Waals surface area contributed by atoms with Crippen LogP contribution in [0.25, 0.3) is 11.0 Å². The van der Waals surface area contributed by atoms with Gasteiger partial charge in [0.1, 0.15) is 11.3 Å². The monoisotopic (exact) mass is 572 g/mol. The Kier molecular flexibility index (Phi) is 7.67. The molecule has 8 nitrogen and oxygen atoms in total. The van der Waals surface area contributed by atoms with Crippen LogP contribution in [-0.2, 0) is 24.3 Å². The predicted molar refractivity (Wildman–Crippen MR) is 157 cm³/mol. The Morgan fingerprint density at radius 3 is 2.73 bits per heavy atom. The molecule has 6 heterocycles. The van der Waals surface area contributed by atoms with Crippen LogP contribution in [0.5, 0.6) is 5.75 Å². The van der Waals surface area contributed by atoms with E-state index in [1.54, 1.807) is 12.1 Å². The number of nitrogens with zero attached hydrogens (tertiary/aromatic N) is 4. The summed E-state index contributed by atoms with van der Waals surface area (Å²) in [6.45, 7) is 4.37. The van der Waals surface area contributed by atoms with Gasteiger partial charge in [-0.3, -0.25) is 9.59 Å². The van der Waals surface area contributed by atoms with Crippen LogP contribution in [-0.4, -0.2) is 50.0 Å². The van der Waals surface area contributed by atoms with E-state index < -0.39 is 5.97 Å². The van der Waals surface area contributed by atoms with Crippen molar-refractivity contribution in [1.29, 1.82) is 0 Å². The van der Waals surface area contributed by atoms with Gasteiger partial charge in [0.05, 0.1) is 29.1 Å². The molecule has 1 atom stereocenters. The first-order valence-corrected chi connectivity index (χ1v) is 14.6. The molecule has 1 N–H and O–H groups in total. The van der Waals surface area contributed by atoms with Gasteiger partial charge >= 0.3 is 5.97 Å². The lowest BCUT2D eigenvalue weighted by Gasteiger charge is -2.30. The average molecular weight is 573 g/mol. The number of rotatable bonds is 2. The van der Waals surface area contributed by atoms with Crippen LogP contribution in [0, 0.1) is 6.92 Å². The molecule has 1 amide bonds. The molecule has 3 aromatic carbocycles. The summed E-state index contributed by atoms with van der Waals surface area (Å²) in [6.07, 6.45) is 4.61. The highest BCUT2D eigenvalue weighted by Gasteiger charge is 2.27. The molecule has 9 rings (SSSR count). The van der Waals surface area contributed by atoms with E-state index in [0.29, 0.717) is 36.0 Å². The van der Waals surface area contributed by atoms with Gasteiger partial charge in [0.2, 0.25) is 0 Å². The predicted octanol–water partition coefficient (Wildman–Crippen LogP) is 6.15. The first-order valence-electron chi connectivity index (χ1n) is 14.3. The Labute approximate surface area is 243 Å². The number of carbonyl (C=O) groups is 2. The number of aryl methyl sites for hydroxylation is 2. The second kappa shape index (κ2) is 11.5. The van der Waals surface area contributed by atoms with Crippen molar-refractivity contribution in [2.75, 3.05) is 13.2 Å². The third kappa shape index (κ3) is 5.53. The van der Waals surface area contributed by atoms with Crippen molar-refractivity contribution in [3.8, 4) is 5.75 Å². The van der Waals surface area contributed by atoms with Crippen LogP contribution >= 0.6 is 11.6 Å². The number of carbonyl (C=O) groups excluding carboxylic acids is 1. The van der Waals surface area contributed by atoms with Crippen LogP contribution in [0.3, 0.4) is 0 Å². The lowest BCUT2D eigenvalue weighted by atomic mass is 9.83. The van der Waals surface area contributed by atoms with Crippen molar-refractivity contribution in [3.63, 3.8) is 0 Å². The Morgan fingerprint density at radius 1 is 1.05 bits per heavy atom. The molecule has 1 unspecified atom stereocenters. The SMILES string of the molecule is Cc1c2ccc3c1nnn3CCCCCCOc1ccc(c(Cl)c1)C(=O)N1CCc3ccc(cc3C1)C2CC(=O)O. The van der Waals surface area contributed by atoms with Gasteiger partial charge in [-0.1, -0.05) is 47.5 Å². The van der Waals surface area contributed by atoms with Crippen molar-refractivity contribution < 1.29 is 19.4 Å². The zero-order valence-corrected chi connectivity index (χ0v) is 23.9. The molecule has 212 valence electrons. The van der Waals surface area contributed by atoms with Crippen molar-refractivity contribution in [1.82, 2.24) is 19.9 Å². The Hall–Kier alpha value is -3.91. The molecule has 0 saturated carbocycles. The number of ether oxygens (including phenoxy) is 1. The van der Waals surface area contributed by atoms with E-state index in [9.17, 15) is 14.7 Å². The van der Waals surface area contributed by atoms with Crippen LogP contribution in [0.2, 0.25) is 5.02 Å². The standard InChI is InChI=1S/C32H33ClN4O4/c1-20-25-10-11-29-31(20)34-35-37(29)13-4-2-3-5-15-41-24-8-9-26(28(33)17-24)32(40)36-14-12-21-6-7-22(16-23(21)19-36)27(25)18-30(38)39/h6-11,16-17,27H,2-5,12-15,18-19H2,1H3,(H,38,39). The number of hydrogen-bond donors (Lipinski definition) is 1. The van der Waals surface area contributed by atoms with Crippen molar-refractivity contribution in [2.24, 2.45) is 0 Å². The molecule has 9 heteroatoms. The lowest BCUT2D eigenvalue weighted by Crippen LogP contribution is -2.36. The fourth-order valence-electron chi connectivity index (χ4n) is 6.11. The van der Waals surface area contributed by atoms with Gasteiger partial charge < -0.3 is 14.7 Å². The highest BCUT2D eigenvalue weighted by molar-refractivity contribution is 6.34. The number of benzene rings is 3. The first-order chi connectivity index (χ1) is 19.9. The molecule has 0 aliphatic carbocycles. The molecule has 0 saturated heterocycles. The summed E-state index contributed by atoms with van der Waals surface area (Å²) in [5, 5.41) is 19.2. The largest absolute Gasteiger partial charge is 0.494 e. The second-order valence-corrected chi connectivity index (χ2v) is 11.4. The zero-order chi connectivity index (χ0) is 28.5. The van der Waals surface area contributed by atoms with Gasteiger partial charge in [-0.15, -0.1) is 5.10 Å².